The van der Waals surface area contributed by atoms with Crippen LogP contribution >= 0.6 is 0 Å². The maximum Gasteiger partial charge on any atom is 0.392 e. The van der Waals surface area contributed by atoms with Crippen molar-refractivity contribution in [3.05, 3.63) is 0 Å². The molecule has 21 heavy (non-hydrogen) atoms. The van der Waals surface area contributed by atoms with Crippen molar-refractivity contribution in [3.8, 4) is 11.8 Å². The SMILES string of the molecule is CC#CC(=O)O/C(=N\C1CCCCC1)NC1CCCCC1. The quantitative estimate of drug-likeness (QED) is 0.279. The highest BCUT2D eigenvalue weighted by atomic mass is 16.6. The van der Waals surface area contributed by atoms with E-state index in [1.54, 1.807) is 6.92 Å². The minimum absolute atomic E-state index is 0.284. The molecule has 1 N–H and O–H groups in total. The van der Waals surface area contributed by atoms with Crippen molar-refractivity contribution in [2.24, 2.45) is 4.99 Å². The molecule has 2 fully saturated rings. The van der Waals surface area contributed by atoms with E-state index in [0.29, 0.717) is 12.1 Å². The van der Waals surface area contributed by atoms with E-state index in [0.717, 1.165) is 25.7 Å². The van der Waals surface area contributed by atoms with E-state index < -0.39 is 5.97 Å². The number of aliphatic imine (C=N–C) groups is 1. The van der Waals surface area contributed by atoms with Crippen LogP contribution in [-0.2, 0) is 9.53 Å². The van der Waals surface area contributed by atoms with Crippen LogP contribution in [0.1, 0.15) is 71.1 Å². The summed E-state index contributed by atoms with van der Waals surface area (Å²) in [7, 11) is 0. The number of ether oxygens (including phenoxy) is 1. The number of hydrogen-bond acceptors (Lipinski definition) is 3. The van der Waals surface area contributed by atoms with Gasteiger partial charge < -0.3 is 10.1 Å². The summed E-state index contributed by atoms with van der Waals surface area (Å²) in [5.74, 6) is 4.47. The first kappa shape index (κ1) is 15.9. The molecule has 0 aromatic heterocycles. The minimum Gasteiger partial charge on any atom is -0.383 e. The summed E-state index contributed by atoms with van der Waals surface area (Å²) in [6.45, 7) is 1.63. The zero-order chi connectivity index (χ0) is 14.9. The summed E-state index contributed by atoms with van der Waals surface area (Å²) >= 11 is 0. The van der Waals surface area contributed by atoms with Gasteiger partial charge in [-0.2, -0.15) is 0 Å². The van der Waals surface area contributed by atoms with E-state index in [2.05, 4.69) is 22.2 Å². The normalized spacial score (nSPS) is 21.3. The van der Waals surface area contributed by atoms with Gasteiger partial charge in [0.25, 0.3) is 6.02 Å². The Morgan fingerprint density at radius 1 is 1.05 bits per heavy atom. The van der Waals surface area contributed by atoms with Crippen LogP contribution < -0.4 is 5.32 Å². The number of amidine groups is 1. The molecule has 0 aromatic rings. The molecule has 0 aromatic carbocycles. The Balaban J connectivity index is 1.98. The Hall–Kier alpha value is -1.50. The monoisotopic (exact) mass is 290 g/mol. The molecule has 116 valence electrons. The Kier molecular flexibility index (Phi) is 6.59. The summed E-state index contributed by atoms with van der Waals surface area (Å²) in [5, 5.41) is 3.33. The molecular weight excluding hydrogens is 264 g/mol. The highest BCUT2D eigenvalue weighted by molar-refractivity contribution is 5.97. The van der Waals surface area contributed by atoms with Crippen LogP contribution in [0.2, 0.25) is 0 Å². The van der Waals surface area contributed by atoms with Gasteiger partial charge in [-0.1, -0.05) is 44.4 Å². The number of esters is 1. The van der Waals surface area contributed by atoms with Crippen LogP contribution in [0.15, 0.2) is 4.99 Å². The average Bonchev–Trinajstić information content (AvgIpc) is 2.49. The van der Waals surface area contributed by atoms with Crippen molar-refractivity contribution >= 4 is 12.0 Å². The van der Waals surface area contributed by atoms with Gasteiger partial charge in [-0.15, -0.1) is 0 Å². The standard InChI is InChI=1S/C17H26N2O2/c1-2-9-16(20)21-17(18-14-10-5-3-6-11-14)19-15-12-7-4-8-13-15/h14-15H,3-8,10-13H2,1H3,(H,18,19). The second-order valence-electron chi connectivity index (χ2n) is 5.97. The van der Waals surface area contributed by atoms with Gasteiger partial charge in [0.1, 0.15) is 0 Å². The van der Waals surface area contributed by atoms with Gasteiger partial charge in [0.05, 0.1) is 6.04 Å². The third-order valence-electron chi connectivity index (χ3n) is 4.22. The summed E-state index contributed by atoms with van der Waals surface area (Å²) in [6.07, 6.45) is 11.9. The van der Waals surface area contributed by atoms with Crippen LogP contribution in [0.3, 0.4) is 0 Å². The summed E-state index contributed by atoms with van der Waals surface area (Å²) in [5.41, 5.74) is 0. The number of nitrogens with zero attached hydrogens (tertiary/aromatic N) is 1. The molecule has 2 aliphatic rings. The molecule has 0 saturated heterocycles. The van der Waals surface area contributed by atoms with Gasteiger partial charge >= 0.3 is 5.97 Å². The van der Waals surface area contributed by atoms with Crippen molar-refractivity contribution in [2.75, 3.05) is 0 Å². The van der Waals surface area contributed by atoms with Gasteiger partial charge in [0, 0.05) is 12.0 Å². The molecule has 0 atom stereocenters. The van der Waals surface area contributed by atoms with Crippen LogP contribution in [0, 0.1) is 11.8 Å². The molecule has 0 amide bonds. The zero-order valence-electron chi connectivity index (χ0n) is 13.0. The number of rotatable bonds is 2. The third kappa shape index (κ3) is 5.79. The number of carbonyl (C=O) groups is 1. The third-order valence-corrected chi connectivity index (χ3v) is 4.22. The molecule has 0 radical (unpaired) electrons. The number of hydrogen-bond donors (Lipinski definition) is 1. The molecular formula is C17H26N2O2. The van der Waals surface area contributed by atoms with Gasteiger partial charge in [0.2, 0.25) is 0 Å². The largest absolute Gasteiger partial charge is 0.392 e. The number of carbonyl (C=O) groups excluding carboxylic acids is 1. The van der Waals surface area contributed by atoms with Crippen LogP contribution in [-0.4, -0.2) is 24.1 Å². The predicted octanol–water partition coefficient (Wildman–Crippen LogP) is 3.16. The van der Waals surface area contributed by atoms with Crippen molar-refractivity contribution in [3.63, 3.8) is 0 Å². The zero-order valence-corrected chi connectivity index (χ0v) is 13.0. The molecule has 0 unspecified atom stereocenters. The number of nitrogens with one attached hydrogen (secondary N) is 1. The summed E-state index contributed by atoms with van der Waals surface area (Å²) in [6, 6.07) is 1.05. The van der Waals surface area contributed by atoms with E-state index in [-0.39, 0.29) is 6.04 Å². The molecule has 2 rings (SSSR count). The van der Waals surface area contributed by atoms with Gasteiger partial charge in [-0.3, -0.25) is 0 Å². The van der Waals surface area contributed by atoms with E-state index in [4.69, 9.17) is 4.74 Å². The molecule has 0 heterocycles. The predicted molar refractivity (Wildman–Crippen MR) is 83.9 cm³/mol. The van der Waals surface area contributed by atoms with E-state index in [1.807, 2.05) is 0 Å². The fraction of sp³-hybridized carbons (Fsp3) is 0.765. The fourth-order valence-corrected chi connectivity index (χ4v) is 3.11. The van der Waals surface area contributed by atoms with Crippen LogP contribution in [0.5, 0.6) is 0 Å². The first-order valence-electron chi connectivity index (χ1n) is 8.27. The Bertz CT molecular complexity index is 422. The Labute approximate surface area is 127 Å². The molecule has 4 heteroatoms. The lowest BCUT2D eigenvalue weighted by Gasteiger charge is -2.25. The molecule has 4 nitrogen and oxygen atoms in total. The molecule has 2 aliphatic carbocycles. The lowest BCUT2D eigenvalue weighted by Crippen LogP contribution is -2.39. The minimum atomic E-state index is -0.518. The summed E-state index contributed by atoms with van der Waals surface area (Å²) < 4.78 is 5.32. The maximum absolute atomic E-state index is 11.6. The van der Waals surface area contributed by atoms with Crippen LogP contribution in [0.25, 0.3) is 0 Å². The second-order valence-corrected chi connectivity index (χ2v) is 5.97. The molecule has 0 aliphatic heterocycles. The van der Waals surface area contributed by atoms with E-state index in [9.17, 15) is 4.79 Å². The first-order valence-corrected chi connectivity index (χ1v) is 8.27. The maximum atomic E-state index is 11.6. The topological polar surface area (TPSA) is 50.7 Å². The van der Waals surface area contributed by atoms with Gasteiger partial charge in [-0.25, -0.2) is 9.79 Å². The first-order chi connectivity index (χ1) is 10.3. The fourth-order valence-electron chi connectivity index (χ4n) is 3.11. The smallest absolute Gasteiger partial charge is 0.383 e. The average molecular weight is 290 g/mol. The lowest BCUT2D eigenvalue weighted by atomic mass is 9.95. The lowest BCUT2D eigenvalue weighted by molar-refractivity contribution is -0.129. The van der Waals surface area contributed by atoms with Crippen molar-refractivity contribution in [1.82, 2.24) is 5.32 Å². The van der Waals surface area contributed by atoms with Crippen molar-refractivity contribution < 1.29 is 9.53 Å². The second kappa shape index (κ2) is 8.71. The van der Waals surface area contributed by atoms with E-state index >= 15 is 0 Å². The van der Waals surface area contributed by atoms with Gasteiger partial charge in [-0.05, 0) is 32.6 Å². The van der Waals surface area contributed by atoms with Crippen molar-refractivity contribution in [2.45, 2.75) is 83.2 Å². The molecule has 0 bridgehead atoms. The van der Waals surface area contributed by atoms with E-state index in [1.165, 1.54) is 38.5 Å². The highest BCUT2D eigenvalue weighted by Gasteiger charge is 2.19. The van der Waals surface area contributed by atoms with Crippen LogP contribution in [0.4, 0.5) is 0 Å². The van der Waals surface area contributed by atoms with Crippen molar-refractivity contribution in [1.29, 1.82) is 0 Å². The Morgan fingerprint density at radius 3 is 2.29 bits per heavy atom. The highest BCUT2D eigenvalue weighted by Crippen LogP contribution is 2.21. The molecule has 0 spiro atoms. The molecule has 2 saturated carbocycles. The van der Waals surface area contributed by atoms with Gasteiger partial charge in [0.15, 0.2) is 0 Å². The Morgan fingerprint density at radius 2 is 1.67 bits per heavy atom. The summed E-state index contributed by atoms with van der Waals surface area (Å²) in [4.78, 5) is 16.3.